The van der Waals surface area contributed by atoms with E-state index in [0.29, 0.717) is 0 Å². The Hall–Kier alpha value is -3.20. The van der Waals surface area contributed by atoms with E-state index in [2.05, 4.69) is 9.15 Å². The van der Waals surface area contributed by atoms with E-state index >= 15 is 0 Å². The van der Waals surface area contributed by atoms with Crippen LogP contribution in [0.3, 0.4) is 0 Å². The number of aliphatic hydroxyl groups excluding tert-OH is 4. The first kappa shape index (κ1) is 27.8. The number of ether oxygens (including phenoxy) is 2. The van der Waals surface area contributed by atoms with Gasteiger partial charge < -0.3 is 54.7 Å². The first-order chi connectivity index (χ1) is 15.4. The van der Waals surface area contributed by atoms with Gasteiger partial charge in [-0.25, -0.2) is 4.79 Å². The zero-order valence-electron chi connectivity index (χ0n) is 17.7. The smallest absolute Gasteiger partial charge is 0.335 e. The van der Waals surface area contributed by atoms with Crippen molar-refractivity contribution in [1.29, 1.82) is 0 Å². The highest BCUT2D eigenvalue weighted by atomic mass is 16.7. The quantitative estimate of drug-likeness (QED) is 0.253. The Morgan fingerprint density at radius 1 is 1.18 bits per heavy atom. The molecule has 0 amide bonds. The molecule has 8 N–H and O–H groups in total. The fourth-order valence-corrected chi connectivity index (χ4v) is 2.46. The maximum absolute atomic E-state index is 10.5. The molecule has 0 unspecified atom stereocenters. The molecule has 1 aromatic carbocycles. The number of aromatic hydroxyl groups is 2. The Morgan fingerprint density at radius 3 is 2.21 bits per heavy atom. The van der Waals surface area contributed by atoms with Crippen LogP contribution in [0.4, 0.5) is 0 Å². The molecule has 33 heavy (non-hydrogen) atoms. The molecule has 1 saturated heterocycles. The molecule has 13 heteroatoms. The molecule has 184 valence electrons. The fraction of sp³-hybridized carbons (Fsp3) is 0.400. The van der Waals surface area contributed by atoms with E-state index in [4.69, 9.17) is 40.5 Å². The summed E-state index contributed by atoms with van der Waals surface area (Å²) in [4.78, 5) is 21.0. The summed E-state index contributed by atoms with van der Waals surface area (Å²) >= 11 is 0. The van der Waals surface area contributed by atoms with Crippen LogP contribution in [0.1, 0.15) is 16.1 Å². The van der Waals surface area contributed by atoms with Crippen LogP contribution in [0.2, 0.25) is 0 Å². The van der Waals surface area contributed by atoms with Gasteiger partial charge >= 0.3 is 5.97 Å². The summed E-state index contributed by atoms with van der Waals surface area (Å²) in [5.41, 5.74) is -0.316. The minimum atomic E-state index is -2.16. The number of hydrogen-bond acceptors (Lipinski definition) is 12. The van der Waals surface area contributed by atoms with Crippen molar-refractivity contribution < 1.29 is 59.5 Å². The van der Waals surface area contributed by atoms with Gasteiger partial charge in [0.05, 0.1) is 32.2 Å². The summed E-state index contributed by atoms with van der Waals surface area (Å²) in [7, 11) is 1.36. The Morgan fingerprint density at radius 2 is 1.82 bits per heavy atom. The number of aliphatic hydroxyl groups is 5. The predicted molar refractivity (Wildman–Crippen MR) is 109 cm³/mol. The number of aryl methyl sites for hydroxylation is 1. The minimum absolute atomic E-state index is 0.0671. The van der Waals surface area contributed by atoms with Crippen LogP contribution in [-0.2, 0) is 4.74 Å². The van der Waals surface area contributed by atoms with Crippen LogP contribution < -0.4 is 10.2 Å². The maximum Gasteiger partial charge on any atom is 0.335 e. The summed E-state index contributed by atoms with van der Waals surface area (Å²) in [6.07, 6.45) is -2.79. The lowest BCUT2D eigenvalue weighted by atomic mass is 10.1. The molecule has 3 rings (SSSR count). The summed E-state index contributed by atoms with van der Waals surface area (Å²) in [5.74, 6) is -3.17. The Labute approximate surface area is 186 Å². The number of phenolic OH excluding ortho intramolecular Hbond substituents is 1. The van der Waals surface area contributed by atoms with E-state index in [1.54, 1.807) is 0 Å². The second-order valence-electron chi connectivity index (χ2n) is 6.66. The molecule has 2 heterocycles. The zero-order valence-corrected chi connectivity index (χ0v) is 17.7. The van der Waals surface area contributed by atoms with Gasteiger partial charge in [0.25, 0.3) is 0 Å². The van der Waals surface area contributed by atoms with E-state index in [-0.39, 0.29) is 28.6 Å². The van der Waals surface area contributed by atoms with Gasteiger partial charge in [-0.3, -0.25) is 4.79 Å². The first-order valence-electron chi connectivity index (χ1n) is 9.27. The Balaban J connectivity index is 0.000000250. The van der Waals surface area contributed by atoms with Gasteiger partial charge in [0.2, 0.25) is 17.0 Å². The van der Waals surface area contributed by atoms with Crippen molar-refractivity contribution in [3.05, 3.63) is 52.1 Å². The summed E-state index contributed by atoms with van der Waals surface area (Å²) in [5, 5.41) is 71.1. The van der Waals surface area contributed by atoms with Crippen molar-refractivity contribution in [3.63, 3.8) is 0 Å². The normalized spacial score (nSPS) is 23.5. The number of carboxylic acid groups (broad SMARTS) is 1. The van der Waals surface area contributed by atoms with Gasteiger partial charge in [0.1, 0.15) is 24.1 Å². The van der Waals surface area contributed by atoms with Gasteiger partial charge in [0.15, 0.2) is 11.5 Å². The topological polar surface area (TPSA) is 228 Å². The highest BCUT2D eigenvalue weighted by Crippen LogP contribution is 2.28. The molecule has 0 saturated carbocycles. The fourth-order valence-electron chi connectivity index (χ4n) is 2.46. The first-order valence-corrected chi connectivity index (χ1v) is 9.27. The molecule has 0 spiro atoms. The molecule has 0 aliphatic carbocycles. The molecule has 1 fully saturated rings. The Kier molecular flexibility index (Phi) is 10.2. The Bertz CT molecular complexity index is 973. The van der Waals surface area contributed by atoms with Gasteiger partial charge in [-0.05, 0) is 25.1 Å². The van der Waals surface area contributed by atoms with Gasteiger partial charge in [-0.1, -0.05) is 0 Å². The molecule has 4 atom stereocenters. The van der Waals surface area contributed by atoms with Gasteiger partial charge in [-0.15, -0.1) is 0 Å². The maximum atomic E-state index is 10.5. The number of carboxylic acids is 1. The molecule has 2 aromatic rings. The van der Waals surface area contributed by atoms with Gasteiger partial charge in [0, 0.05) is 6.07 Å². The zero-order chi connectivity index (χ0) is 25.3. The van der Waals surface area contributed by atoms with Crippen molar-refractivity contribution >= 4 is 5.97 Å². The van der Waals surface area contributed by atoms with Crippen LogP contribution >= 0.6 is 0 Å². The summed E-state index contributed by atoms with van der Waals surface area (Å²) in [6, 6.07) is 5.02. The van der Waals surface area contributed by atoms with Crippen LogP contribution in [-0.4, -0.2) is 91.2 Å². The number of carbonyl (C=O) groups is 1. The van der Waals surface area contributed by atoms with E-state index in [9.17, 15) is 14.7 Å². The van der Waals surface area contributed by atoms with Crippen molar-refractivity contribution in [3.8, 4) is 17.2 Å². The summed E-state index contributed by atoms with van der Waals surface area (Å²) < 4.78 is 14.0. The lowest BCUT2D eigenvalue weighted by Gasteiger charge is -2.22. The molecular formula is C20H26O13. The third kappa shape index (κ3) is 7.15. The van der Waals surface area contributed by atoms with Crippen LogP contribution in [0, 0.1) is 6.92 Å². The third-order valence-corrected chi connectivity index (χ3v) is 4.39. The molecule has 1 aromatic heterocycles. The number of hydrogen-bond donors (Lipinski definition) is 8. The van der Waals surface area contributed by atoms with Crippen molar-refractivity contribution in [1.82, 2.24) is 0 Å². The lowest BCUT2D eigenvalue weighted by molar-refractivity contribution is -0.248. The van der Waals surface area contributed by atoms with Crippen LogP contribution in [0.15, 0.2) is 39.7 Å². The monoisotopic (exact) mass is 474 g/mol. The average Bonchev–Trinajstić information content (AvgIpc) is 3.02. The number of aromatic carboxylic acids is 1. The summed E-state index contributed by atoms with van der Waals surface area (Å²) in [6.45, 7) is 0.166. The molecular weight excluding hydrogens is 448 g/mol. The van der Waals surface area contributed by atoms with E-state index < -0.39 is 48.7 Å². The lowest BCUT2D eigenvalue weighted by Crippen LogP contribution is -2.46. The standard InChI is InChI=1S/C8H8O4.C6H12O6.C6H6O3/c1-12-7-4-5(8(10)11)2-3-6(7)9;7-1-3-4(9)5(10)6(11,2-8)12-3;1-4-6(8)5(7)2-3-9-4/h2-4,9H,1H3,(H,10,11);3-5,7-11H,1-2H2;2-3,8H,1H3/t;3-,4-,5+,6-;/m.1./s1. The molecule has 13 nitrogen and oxygen atoms in total. The largest absolute Gasteiger partial charge is 0.504 e. The average molecular weight is 474 g/mol. The highest BCUT2D eigenvalue weighted by molar-refractivity contribution is 5.88. The third-order valence-electron chi connectivity index (χ3n) is 4.39. The van der Waals surface area contributed by atoms with E-state index in [1.165, 1.54) is 44.6 Å². The molecule has 0 radical (unpaired) electrons. The van der Waals surface area contributed by atoms with Crippen molar-refractivity contribution in [2.45, 2.75) is 31.0 Å². The second-order valence-corrected chi connectivity index (χ2v) is 6.66. The number of benzene rings is 1. The van der Waals surface area contributed by atoms with E-state index in [1.807, 2.05) is 0 Å². The second kappa shape index (κ2) is 12.2. The SMILES string of the molecule is COc1cc(C(=O)O)ccc1O.Cc1occc(=O)c1O.OC[C@H]1O[C@](O)(CO)[C@@H](O)[C@@H]1O. The van der Waals surface area contributed by atoms with E-state index in [0.717, 1.165) is 0 Å². The van der Waals surface area contributed by atoms with Crippen molar-refractivity contribution in [2.24, 2.45) is 0 Å². The van der Waals surface area contributed by atoms with Gasteiger partial charge in [-0.2, -0.15) is 0 Å². The molecule has 0 bridgehead atoms. The number of rotatable bonds is 4. The van der Waals surface area contributed by atoms with Crippen LogP contribution in [0.25, 0.3) is 0 Å². The highest BCUT2D eigenvalue weighted by Gasteiger charge is 2.52. The predicted octanol–water partition coefficient (Wildman–Crippen LogP) is -1.47. The molecule has 1 aliphatic heterocycles. The van der Waals surface area contributed by atoms with Crippen LogP contribution in [0.5, 0.6) is 17.2 Å². The minimum Gasteiger partial charge on any atom is -0.504 e. The molecule has 1 aliphatic rings. The van der Waals surface area contributed by atoms with Crippen molar-refractivity contribution in [2.75, 3.05) is 20.3 Å². The number of methoxy groups -OCH3 is 1. The number of phenols is 1.